The number of rotatable bonds is 5. The van der Waals surface area contributed by atoms with Crippen LogP contribution >= 0.6 is 0 Å². The highest BCUT2D eigenvalue weighted by Gasteiger charge is 2.33. The highest BCUT2D eigenvalue weighted by Crippen LogP contribution is 2.37. The number of methoxy groups -OCH3 is 2. The van der Waals surface area contributed by atoms with E-state index >= 15 is 0 Å². The topological polar surface area (TPSA) is 33.7 Å². The zero-order valence-electron chi connectivity index (χ0n) is 13.1. The van der Waals surface area contributed by atoms with Gasteiger partial charge in [0.05, 0.1) is 13.7 Å². The van der Waals surface area contributed by atoms with E-state index in [0.29, 0.717) is 12.1 Å². The van der Waals surface area contributed by atoms with Crippen molar-refractivity contribution in [2.45, 2.75) is 31.3 Å². The molecule has 1 saturated heterocycles. The molecule has 0 bridgehead atoms. The molecule has 1 fully saturated rings. The van der Waals surface area contributed by atoms with Gasteiger partial charge < -0.3 is 14.8 Å². The highest BCUT2D eigenvalue weighted by molar-refractivity contribution is 5.39. The average molecular weight is 290 g/mol. The van der Waals surface area contributed by atoms with E-state index in [-0.39, 0.29) is 0 Å². The van der Waals surface area contributed by atoms with Crippen molar-refractivity contribution in [2.75, 3.05) is 40.5 Å². The SMILES string of the molecule is COCCNC1CCN2CCc3cc(OC)ccc3C2C1. The lowest BCUT2D eigenvalue weighted by atomic mass is 9.85. The summed E-state index contributed by atoms with van der Waals surface area (Å²) in [5, 5.41) is 3.63. The Kier molecular flexibility index (Phi) is 4.78. The molecule has 2 aliphatic rings. The van der Waals surface area contributed by atoms with Crippen molar-refractivity contribution in [2.24, 2.45) is 0 Å². The van der Waals surface area contributed by atoms with Gasteiger partial charge in [0, 0.05) is 38.8 Å². The van der Waals surface area contributed by atoms with Crippen molar-refractivity contribution in [3.05, 3.63) is 29.3 Å². The Labute approximate surface area is 127 Å². The number of fused-ring (bicyclic) bond motifs is 3. The number of nitrogens with zero attached hydrogens (tertiary/aromatic N) is 1. The van der Waals surface area contributed by atoms with Gasteiger partial charge in [-0.3, -0.25) is 4.90 Å². The molecule has 0 spiro atoms. The van der Waals surface area contributed by atoms with Gasteiger partial charge in [-0.15, -0.1) is 0 Å². The van der Waals surface area contributed by atoms with Crippen LogP contribution in [0.1, 0.15) is 30.0 Å². The van der Waals surface area contributed by atoms with Crippen LogP contribution in [-0.2, 0) is 11.2 Å². The fraction of sp³-hybridized carbons (Fsp3) is 0.647. The normalized spacial score (nSPS) is 25.2. The highest BCUT2D eigenvalue weighted by atomic mass is 16.5. The summed E-state index contributed by atoms with van der Waals surface area (Å²) in [6.07, 6.45) is 3.58. The standard InChI is InChI=1S/C17H26N2O2/c1-20-10-7-18-14-6-9-19-8-5-13-11-15(21-2)3-4-16(13)17(19)12-14/h3-4,11,14,17-18H,5-10,12H2,1-2H3. The molecule has 0 aliphatic carbocycles. The molecule has 116 valence electrons. The van der Waals surface area contributed by atoms with Gasteiger partial charge in [-0.2, -0.15) is 0 Å². The molecule has 1 N–H and O–H groups in total. The van der Waals surface area contributed by atoms with Gasteiger partial charge in [0.1, 0.15) is 5.75 Å². The van der Waals surface area contributed by atoms with E-state index in [1.165, 1.54) is 37.1 Å². The first kappa shape index (κ1) is 14.8. The van der Waals surface area contributed by atoms with Crippen molar-refractivity contribution < 1.29 is 9.47 Å². The van der Waals surface area contributed by atoms with Crippen LogP contribution in [0.2, 0.25) is 0 Å². The maximum Gasteiger partial charge on any atom is 0.119 e. The van der Waals surface area contributed by atoms with Crippen LogP contribution in [-0.4, -0.2) is 51.4 Å². The van der Waals surface area contributed by atoms with Crippen molar-refractivity contribution in [1.82, 2.24) is 10.2 Å². The first-order valence-corrected chi connectivity index (χ1v) is 7.95. The molecular weight excluding hydrogens is 264 g/mol. The van der Waals surface area contributed by atoms with E-state index in [0.717, 1.165) is 25.3 Å². The minimum absolute atomic E-state index is 0.563. The number of hydrogen-bond donors (Lipinski definition) is 1. The summed E-state index contributed by atoms with van der Waals surface area (Å²) in [5.74, 6) is 0.979. The first-order chi connectivity index (χ1) is 10.3. The predicted octanol–water partition coefficient (Wildman–Crippen LogP) is 1.99. The van der Waals surface area contributed by atoms with Crippen LogP contribution in [0.4, 0.5) is 0 Å². The minimum atomic E-state index is 0.563. The second-order valence-electron chi connectivity index (χ2n) is 6.03. The van der Waals surface area contributed by atoms with Gasteiger partial charge >= 0.3 is 0 Å². The van der Waals surface area contributed by atoms with Crippen LogP contribution in [0.3, 0.4) is 0 Å². The summed E-state index contributed by atoms with van der Waals surface area (Å²) in [7, 11) is 3.50. The lowest BCUT2D eigenvalue weighted by molar-refractivity contribution is 0.111. The molecule has 1 aromatic carbocycles. The summed E-state index contributed by atoms with van der Waals surface area (Å²) in [5.41, 5.74) is 2.97. The summed E-state index contributed by atoms with van der Waals surface area (Å²) in [6, 6.07) is 7.75. The van der Waals surface area contributed by atoms with Crippen LogP contribution in [0.25, 0.3) is 0 Å². The molecule has 0 radical (unpaired) electrons. The maximum absolute atomic E-state index is 5.36. The van der Waals surface area contributed by atoms with Gasteiger partial charge in [0.25, 0.3) is 0 Å². The first-order valence-electron chi connectivity index (χ1n) is 7.95. The number of nitrogens with one attached hydrogen (secondary N) is 1. The fourth-order valence-electron chi connectivity index (χ4n) is 3.67. The van der Waals surface area contributed by atoms with Crippen molar-refractivity contribution in [3.8, 4) is 5.75 Å². The zero-order valence-corrected chi connectivity index (χ0v) is 13.1. The summed E-state index contributed by atoms with van der Waals surface area (Å²) < 4.78 is 10.5. The van der Waals surface area contributed by atoms with Gasteiger partial charge in [-0.25, -0.2) is 0 Å². The third kappa shape index (κ3) is 3.23. The van der Waals surface area contributed by atoms with E-state index in [1.807, 2.05) is 0 Å². The Morgan fingerprint density at radius 2 is 2.19 bits per heavy atom. The lowest BCUT2D eigenvalue weighted by Crippen LogP contribution is -2.47. The number of piperidine rings is 1. The number of ether oxygens (including phenoxy) is 2. The number of hydrogen-bond acceptors (Lipinski definition) is 4. The van der Waals surface area contributed by atoms with E-state index in [9.17, 15) is 0 Å². The monoisotopic (exact) mass is 290 g/mol. The van der Waals surface area contributed by atoms with Crippen LogP contribution in [0.15, 0.2) is 18.2 Å². The predicted molar refractivity (Wildman–Crippen MR) is 83.9 cm³/mol. The number of benzene rings is 1. The molecular formula is C17H26N2O2. The molecule has 2 unspecified atom stereocenters. The lowest BCUT2D eigenvalue weighted by Gasteiger charge is -2.43. The van der Waals surface area contributed by atoms with Crippen LogP contribution in [0.5, 0.6) is 5.75 Å². The van der Waals surface area contributed by atoms with Crippen molar-refractivity contribution in [3.63, 3.8) is 0 Å². The van der Waals surface area contributed by atoms with Crippen LogP contribution in [0, 0.1) is 0 Å². The Balaban J connectivity index is 1.71. The molecule has 2 heterocycles. The quantitative estimate of drug-likeness (QED) is 0.841. The van der Waals surface area contributed by atoms with Crippen molar-refractivity contribution in [1.29, 1.82) is 0 Å². The second kappa shape index (κ2) is 6.77. The van der Waals surface area contributed by atoms with Crippen LogP contribution < -0.4 is 10.1 Å². The average Bonchev–Trinajstić information content (AvgIpc) is 2.54. The van der Waals surface area contributed by atoms with E-state index in [1.54, 1.807) is 14.2 Å². The largest absolute Gasteiger partial charge is 0.497 e. The molecule has 2 aliphatic heterocycles. The summed E-state index contributed by atoms with van der Waals surface area (Å²) >= 11 is 0. The molecule has 0 aromatic heterocycles. The minimum Gasteiger partial charge on any atom is -0.497 e. The van der Waals surface area contributed by atoms with E-state index in [2.05, 4.69) is 28.4 Å². The zero-order chi connectivity index (χ0) is 14.7. The van der Waals surface area contributed by atoms with E-state index in [4.69, 9.17) is 9.47 Å². The third-order valence-electron chi connectivity index (χ3n) is 4.83. The fourth-order valence-corrected chi connectivity index (χ4v) is 3.67. The van der Waals surface area contributed by atoms with Gasteiger partial charge in [0.15, 0.2) is 0 Å². The Morgan fingerprint density at radius 3 is 3.00 bits per heavy atom. The molecule has 21 heavy (non-hydrogen) atoms. The molecule has 2 atom stereocenters. The Morgan fingerprint density at radius 1 is 1.29 bits per heavy atom. The molecule has 1 aromatic rings. The molecule has 4 nitrogen and oxygen atoms in total. The Bertz CT molecular complexity index is 478. The smallest absolute Gasteiger partial charge is 0.119 e. The third-order valence-corrected chi connectivity index (χ3v) is 4.83. The maximum atomic E-state index is 5.36. The molecule has 0 saturated carbocycles. The van der Waals surface area contributed by atoms with Gasteiger partial charge in [-0.05, 0) is 42.5 Å². The second-order valence-corrected chi connectivity index (χ2v) is 6.03. The van der Waals surface area contributed by atoms with Gasteiger partial charge in [0.2, 0.25) is 0 Å². The summed E-state index contributed by atoms with van der Waals surface area (Å²) in [6.45, 7) is 4.11. The molecule has 4 heteroatoms. The molecule has 0 amide bonds. The van der Waals surface area contributed by atoms with E-state index < -0.39 is 0 Å². The summed E-state index contributed by atoms with van der Waals surface area (Å²) in [4.78, 5) is 2.64. The Hall–Kier alpha value is -1.10. The molecule has 3 rings (SSSR count). The van der Waals surface area contributed by atoms with Gasteiger partial charge in [-0.1, -0.05) is 6.07 Å². The van der Waals surface area contributed by atoms with Crippen molar-refractivity contribution >= 4 is 0 Å².